The molecule has 0 saturated heterocycles. The Hall–Kier alpha value is -2.91. The third-order valence-corrected chi connectivity index (χ3v) is 6.94. The minimum Gasteiger partial charge on any atom is -0.507 e. The molecule has 2 aromatic carbocycles. The van der Waals surface area contributed by atoms with Gasteiger partial charge >= 0.3 is 35.1 Å². The standard InChI is InChI=1S/C23H16Cl2O9S.Al/c1-9-5-11(7-13(20(9)26)22(28)29)17(12-6-10(2)21(27)14(8-12)23(30)31)18-15(24)3-4-16(19(18)25)35(32,33)34;/h3-8,26H,1-2H3,(H,28,29)(H,30,31)(H,32,33,34);/q;+3/p+1/b17-12-;. The van der Waals surface area contributed by atoms with E-state index in [1.807, 2.05) is 0 Å². The van der Waals surface area contributed by atoms with Crippen molar-refractivity contribution in [1.82, 2.24) is 0 Å². The molecule has 0 unspecified atom stereocenters. The molecule has 1 aliphatic rings. The first-order valence-corrected chi connectivity index (χ1v) is 11.8. The minimum absolute atomic E-state index is 0. The molecule has 9 nitrogen and oxygen atoms in total. The molecule has 0 aliphatic heterocycles. The number of aromatic carboxylic acids is 1. The summed E-state index contributed by atoms with van der Waals surface area (Å²) in [6.07, 6.45) is 2.45. The van der Waals surface area contributed by atoms with Gasteiger partial charge in [0.25, 0.3) is 10.1 Å². The van der Waals surface area contributed by atoms with Gasteiger partial charge in [0.15, 0.2) is 5.57 Å². The van der Waals surface area contributed by atoms with Crippen LogP contribution >= 0.6 is 23.2 Å². The van der Waals surface area contributed by atoms with Crippen LogP contribution in [-0.2, 0) is 14.9 Å². The van der Waals surface area contributed by atoms with Crippen LogP contribution in [0.1, 0.15) is 34.0 Å². The van der Waals surface area contributed by atoms with E-state index in [2.05, 4.69) is 0 Å². The molecular weight excluding hydrogens is 550 g/mol. The zero-order chi connectivity index (χ0) is 26.4. The smallest absolute Gasteiger partial charge is 0.507 e. The van der Waals surface area contributed by atoms with Crippen molar-refractivity contribution in [3.05, 3.63) is 85.4 Å². The maximum absolute atomic E-state index is 11.9. The number of phenols is 1. The molecule has 0 heterocycles. The first-order valence-electron chi connectivity index (χ1n) is 9.62. The van der Waals surface area contributed by atoms with Crippen LogP contribution in [0.3, 0.4) is 0 Å². The summed E-state index contributed by atoms with van der Waals surface area (Å²) < 4.78 is 33.4. The van der Waals surface area contributed by atoms with E-state index in [1.165, 1.54) is 26.0 Å². The molecule has 2 aromatic rings. The Bertz CT molecular complexity index is 1540. The minimum atomic E-state index is -4.82. The second-order valence-corrected chi connectivity index (χ2v) is 9.75. The largest absolute Gasteiger partial charge is 3.00 e. The van der Waals surface area contributed by atoms with Crippen LogP contribution in [0, 0.1) is 6.92 Å². The number of aryl methyl sites for hydroxylation is 1. The van der Waals surface area contributed by atoms with Crippen molar-refractivity contribution >= 4 is 74.0 Å². The van der Waals surface area contributed by atoms with E-state index in [-0.39, 0.29) is 55.8 Å². The van der Waals surface area contributed by atoms with Gasteiger partial charge in [-0.2, -0.15) is 8.42 Å². The third kappa shape index (κ3) is 5.42. The molecule has 0 bridgehead atoms. The van der Waals surface area contributed by atoms with Gasteiger partial charge in [0.1, 0.15) is 16.2 Å². The fraction of sp³-hybridized carbons (Fsp3) is 0.0870. The summed E-state index contributed by atoms with van der Waals surface area (Å²) in [5.41, 5.74) is -0.748. The summed E-state index contributed by atoms with van der Waals surface area (Å²) in [4.78, 5) is 33.0. The van der Waals surface area contributed by atoms with Crippen LogP contribution in [0.4, 0.5) is 0 Å². The SMILES string of the molecule is CC1=C/C(=C(\c2cc(C)c(O)c(C(=O)O)c2)c2c(Cl)ccc(S(=O)(=O)O)c2Cl)C=C(C(=O)O)C1=[OH+].[Al+3]. The van der Waals surface area contributed by atoms with Crippen molar-refractivity contribution in [3.8, 4) is 5.75 Å². The van der Waals surface area contributed by atoms with Crippen molar-refractivity contribution in [2.24, 2.45) is 0 Å². The summed E-state index contributed by atoms with van der Waals surface area (Å²) in [6.45, 7) is 2.84. The normalized spacial score (nSPS) is 15.0. The van der Waals surface area contributed by atoms with Gasteiger partial charge in [-0.05, 0) is 72.5 Å². The summed E-state index contributed by atoms with van der Waals surface area (Å²) in [5.74, 6) is -3.97. The molecule has 0 atom stereocenters. The summed E-state index contributed by atoms with van der Waals surface area (Å²) in [5, 5.41) is 28.7. The first kappa shape index (κ1) is 29.3. The summed E-state index contributed by atoms with van der Waals surface area (Å²) >= 11 is 12.7. The predicted octanol–water partition coefficient (Wildman–Crippen LogP) is 3.89. The summed E-state index contributed by atoms with van der Waals surface area (Å²) in [7, 11) is -4.82. The van der Waals surface area contributed by atoms with Gasteiger partial charge in [-0.1, -0.05) is 23.2 Å². The molecule has 0 radical (unpaired) electrons. The number of carbonyl (C=O) groups is 2. The fourth-order valence-electron chi connectivity index (χ4n) is 3.59. The topological polar surface area (TPSA) is 171 Å². The quantitative estimate of drug-likeness (QED) is 0.183. The van der Waals surface area contributed by atoms with Crippen LogP contribution < -0.4 is 0 Å². The zero-order valence-electron chi connectivity index (χ0n) is 18.6. The van der Waals surface area contributed by atoms with Crippen molar-refractivity contribution in [1.29, 1.82) is 0 Å². The summed E-state index contributed by atoms with van der Waals surface area (Å²) in [6, 6.07) is 4.56. The number of carbonyl (C=O) groups excluding carboxylic acids is 1. The molecule has 0 saturated carbocycles. The van der Waals surface area contributed by atoms with Crippen molar-refractivity contribution < 1.29 is 42.7 Å². The molecule has 182 valence electrons. The number of ketones is 1. The number of carboxylic acid groups (broad SMARTS) is 2. The van der Waals surface area contributed by atoms with Crippen LogP contribution in [0.5, 0.6) is 5.75 Å². The molecule has 0 spiro atoms. The van der Waals surface area contributed by atoms with Crippen LogP contribution in [0.2, 0.25) is 10.0 Å². The van der Waals surface area contributed by atoms with E-state index < -0.39 is 54.6 Å². The molecule has 1 aliphatic carbocycles. The average molecular weight is 567 g/mol. The second-order valence-electron chi connectivity index (χ2n) is 7.57. The van der Waals surface area contributed by atoms with E-state index >= 15 is 0 Å². The number of hydrogen-bond acceptors (Lipinski definition) is 5. The monoisotopic (exact) mass is 566 g/mol. The van der Waals surface area contributed by atoms with Gasteiger partial charge < -0.3 is 15.3 Å². The molecule has 36 heavy (non-hydrogen) atoms. The van der Waals surface area contributed by atoms with Crippen LogP contribution in [0.15, 0.2) is 58.0 Å². The number of halogens is 2. The number of carboxylic acids is 2. The number of aliphatic carboxylic acids is 1. The molecule has 0 fully saturated rings. The number of benzene rings is 2. The van der Waals surface area contributed by atoms with Gasteiger partial charge in [0.05, 0.1) is 15.6 Å². The molecule has 0 amide bonds. The maximum Gasteiger partial charge on any atom is 3.00 e. The predicted molar refractivity (Wildman–Crippen MR) is 134 cm³/mol. The zero-order valence-corrected chi connectivity index (χ0v) is 22.1. The maximum atomic E-state index is 11.9. The van der Waals surface area contributed by atoms with Crippen molar-refractivity contribution in [3.63, 3.8) is 0 Å². The van der Waals surface area contributed by atoms with Crippen LogP contribution in [0.25, 0.3) is 5.57 Å². The van der Waals surface area contributed by atoms with Gasteiger partial charge in [0, 0.05) is 5.56 Å². The molecule has 5 N–H and O–H groups in total. The number of rotatable bonds is 5. The van der Waals surface area contributed by atoms with E-state index in [9.17, 15) is 42.7 Å². The third-order valence-electron chi connectivity index (χ3n) is 5.22. The Morgan fingerprint density at radius 1 is 1.00 bits per heavy atom. The van der Waals surface area contributed by atoms with E-state index in [4.69, 9.17) is 23.2 Å². The number of aromatic hydroxyl groups is 1. The van der Waals surface area contributed by atoms with Crippen molar-refractivity contribution in [2.75, 3.05) is 0 Å². The van der Waals surface area contributed by atoms with Gasteiger partial charge in [0.2, 0.25) is 0 Å². The van der Waals surface area contributed by atoms with E-state index in [1.54, 1.807) is 0 Å². The van der Waals surface area contributed by atoms with E-state index in [0.29, 0.717) is 0 Å². The molecule has 13 heteroatoms. The van der Waals surface area contributed by atoms with Gasteiger partial charge in [-0.25, -0.2) is 9.59 Å². The Labute approximate surface area is 225 Å². The molecular formula is C23H17AlCl2O9S+4. The van der Waals surface area contributed by atoms with E-state index in [0.717, 1.165) is 24.3 Å². The van der Waals surface area contributed by atoms with Gasteiger partial charge in [-0.3, -0.25) is 9.35 Å². The number of allylic oxidation sites excluding steroid dienone is 4. The Morgan fingerprint density at radius 3 is 2.14 bits per heavy atom. The Morgan fingerprint density at radius 2 is 1.61 bits per heavy atom. The first-order chi connectivity index (χ1) is 16.1. The fourth-order valence-corrected chi connectivity index (χ4v) is 5.01. The molecule has 3 rings (SSSR count). The second kappa shape index (κ2) is 10.6. The van der Waals surface area contributed by atoms with Gasteiger partial charge in [-0.15, -0.1) is 0 Å². The molecule has 0 aromatic heterocycles. The Balaban J connectivity index is 0.00000456. The van der Waals surface area contributed by atoms with Crippen LogP contribution in [-0.4, -0.2) is 68.2 Å². The number of hydrogen-bond donors (Lipinski definition) is 4. The average Bonchev–Trinajstić information content (AvgIpc) is 2.73. The Kier molecular flexibility index (Phi) is 8.64. The van der Waals surface area contributed by atoms with Crippen molar-refractivity contribution in [2.45, 2.75) is 18.7 Å².